The summed E-state index contributed by atoms with van der Waals surface area (Å²) in [4.78, 5) is 11.2. The van der Waals surface area contributed by atoms with Gasteiger partial charge < -0.3 is 4.74 Å². The van der Waals surface area contributed by atoms with Crippen molar-refractivity contribution >= 4 is 5.97 Å². The number of esters is 1. The van der Waals surface area contributed by atoms with Crippen molar-refractivity contribution in [2.24, 2.45) is 0 Å². The number of carbonyl (C=O) groups is 1. The number of unbranched alkanes of at least 4 members (excludes halogenated alkanes) is 1. The van der Waals surface area contributed by atoms with Crippen LogP contribution in [0.15, 0.2) is 0 Å². The first-order valence-corrected chi connectivity index (χ1v) is 5.97. The Morgan fingerprint density at radius 1 is 1.33 bits per heavy atom. The molecule has 1 aliphatic heterocycles. The summed E-state index contributed by atoms with van der Waals surface area (Å²) in [5.41, 5.74) is 3.11. The largest absolute Gasteiger partial charge is 0.465 e. The van der Waals surface area contributed by atoms with Gasteiger partial charge in [0.2, 0.25) is 0 Å². The monoisotopic (exact) mass is 214 g/mol. The van der Waals surface area contributed by atoms with Crippen molar-refractivity contribution < 1.29 is 9.53 Å². The SMILES string of the molecule is CCCCOC(=O)CNN1CCCCC1. The summed E-state index contributed by atoms with van der Waals surface area (Å²) in [7, 11) is 0. The Kier molecular flexibility index (Phi) is 6.36. The zero-order valence-electron chi connectivity index (χ0n) is 9.63. The van der Waals surface area contributed by atoms with Gasteiger partial charge in [-0.25, -0.2) is 10.4 Å². The predicted octanol–water partition coefficient (Wildman–Crippen LogP) is 1.32. The molecular formula is C11H22N2O2. The highest BCUT2D eigenvalue weighted by Crippen LogP contribution is 2.05. The van der Waals surface area contributed by atoms with Crippen molar-refractivity contribution in [3.05, 3.63) is 0 Å². The molecule has 0 aliphatic carbocycles. The minimum absolute atomic E-state index is 0.144. The van der Waals surface area contributed by atoms with Gasteiger partial charge in [-0.3, -0.25) is 4.79 Å². The Morgan fingerprint density at radius 3 is 2.73 bits per heavy atom. The molecule has 0 unspecified atom stereocenters. The molecule has 0 bridgehead atoms. The second-order valence-corrected chi connectivity index (χ2v) is 3.96. The quantitative estimate of drug-likeness (QED) is 0.535. The van der Waals surface area contributed by atoms with E-state index in [1.165, 1.54) is 19.3 Å². The van der Waals surface area contributed by atoms with Gasteiger partial charge in [0, 0.05) is 13.1 Å². The fraction of sp³-hybridized carbons (Fsp3) is 0.909. The fourth-order valence-corrected chi connectivity index (χ4v) is 1.61. The zero-order valence-corrected chi connectivity index (χ0v) is 9.63. The molecule has 1 fully saturated rings. The average Bonchev–Trinajstić information content (AvgIpc) is 2.28. The van der Waals surface area contributed by atoms with Crippen LogP contribution in [0.5, 0.6) is 0 Å². The van der Waals surface area contributed by atoms with E-state index < -0.39 is 0 Å². The molecular weight excluding hydrogens is 192 g/mol. The summed E-state index contributed by atoms with van der Waals surface area (Å²) in [6, 6.07) is 0. The van der Waals surface area contributed by atoms with Gasteiger partial charge in [0.05, 0.1) is 6.61 Å². The van der Waals surface area contributed by atoms with Crippen molar-refractivity contribution in [2.45, 2.75) is 39.0 Å². The lowest BCUT2D eigenvalue weighted by Crippen LogP contribution is -2.44. The van der Waals surface area contributed by atoms with E-state index in [1.54, 1.807) is 0 Å². The number of rotatable bonds is 6. The molecule has 1 aliphatic rings. The molecule has 15 heavy (non-hydrogen) atoms. The lowest BCUT2D eigenvalue weighted by molar-refractivity contribution is -0.143. The minimum atomic E-state index is -0.144. The predicted molar refractivity (Wildman–Crippen MR) is 59.3 cm³/mol. The summed E-state index contributed by atoms with van der Waals surface area (Å²) in [6.45, 7) is 5.03. The molecule has 1 saturated heterocycles. The first-order valence-electron chi connectivity index (χ1n) is 5.97. The van der Waals surface area contributed by atoms with Crippen LogP contribution in [0, 0.1) is 0 Å². The number of ether oxygens (including phenoxy) is 1. The third-order valence-electron chi connectivity index (χ3n) is 2.56. The Morgan fingerprint density at radius 2 is 2.07 bits per heavy atom. The number of piperidine rings is 1. The zero-order chi connectivity index (χ0) is 10.9. The smallest absolute Gasteiger partial charge is 0.321 e. The number of nitrogens with zero attached hydrogens (tertiary/aromatic N) is 1. The first-order chi connectivity index (χ1) is 7.33. The summed E-state index contributed by atoms with van der Waals surface area (Å²) in [5.74, 6) is -0.144. The molecule has 0 spiro atoms. The second-order valence-electron chi connectivity index (χ2n) is 3.96. The van der Waals surface area contributed by atoms with E-state index in [-0.39, 0.29) is 5.97 Å². The lowest BCUT2D eigenvalue weighted by atomic mass is 10.2. The molecule has 4 nitrogen and oxygen atoms in total. The molecule has 0 atom stereocenters. The van der Waals surface area contributed by atoms with E-state index in [9.17, 15) is 4.79 Å². The Bertz CT molecular complexity index is 179. The number of hydrogen-bond donors (Lipinski definition) is 1. The second kappa shape index (κ2) is 7.65. The van der Waals surface area contributed by atoms with E-state index in [4.69, 9.17) is 4.74 Å². The van der Waals surface area contributed by atoms with Gasteiger partial charge in [-0.1, -0.05) is 19.8 Å². The van der Waals surface area contributed by atoms with Gasteiger partial charge in [-0.2, -0.15) is 0 Å². The molecule has 1 heterocycles. The van der Waals surface area contributed by atoms with Gasteiger partial charge in [0.15, 0.2) is 0 Å². The molecule has 0 aromatic carbocycles. The molecule has 0 radical (unpaired) electrons. The molecule has 1 N–H and O–H groups in total. The van der Waals surface area contributed by atoms with E-state index in [0.717, 1.165) is 25.9 Å². The van der Waals surface area contributed by atoms with Crippen LogP contribution in [0.3, 0.4) is 0 Å². The van der Waals surface area contributed by atoms with Crippen LogP contribution in [0.4, 0.5) is 0 Å². The van der Waals surface area contributed by atoms with Crippen LogP contribution in [-0.2, 0) is 9.53 Å². The third-order valence-corrected chi connectivity index (χ3v) is 2.56. The number of nitrogens with one attached hydrogen (secondary N) is 1. The average molecular weight is 214 g/mol. The summed E-state index contributed by atoms with van der Waals surface area (Å²) < 4.78 is 5.05. The van der Waals surface area contributed by atoms with Gasteiger partial charge in [0.25, 0.3) is 0 Å². The topological polar surface area (TPSA) is 41.6 Å². The highest BCUT2D eigenvalue weighted by Gasteiger charge is 2.11. The summed E-state index contributed by atoms with van der Waals surface area (Å²) in [6.07, 6.45) is 5.76. The molecule has 4 heteroatoms. The van der Waals surface area contributed by atoms with Crippen LogP contribution in [0.1, 0.15) is 39.0 Å². The number of carbonyl (C=O) groups excluding carboxylic acids is 1. The van der Waals surface area contributed by atoms with Gasteiger partial charge >= 0.3 is 5.97 Å². The van der Waals surface area contributed by atoms with Crippen LogP contribution in [-0.4, -0.2) is 37.2 Å². The van der Waals surface area contributed by atoms with Crippen molar-refractivity contribution in [3.63, 3.8) is 0 Å². The van der Waals surface area contributed by atoms with Crippen LogP contribution in [0.25, 0.3) is 0 Å². The van der Waals surface area contributed by atoms with Crippen molar-refractivity contribution in [1.82, 2.24) is 10.4 Å². The lowest BCUT2D eigenvalue weighted by Gasteiger charge is -2.26. The molecule has 0 amide bonds. The van der Waals surface area contributed by atoms with Gasteiger partial charge in [-0.15, -0.1) is 0 Å². The maximum absolute atomic E-state index is 11.2. The summed E-state index contributed by atoms with van der Waals surface area (Å²) in [5, 5.41) is 2.12. The van der Waals surface area contributed by atoms with E-state index in [0.29, 0.717) is 13.2 Å². The van der Waals surface area contributed by atoms with E-state index >= 15 is 0 Å². The fourth-order valence-electron chi connectivity index (χ4n) is 1.61. The van der Waals surface area contributed by atoms with Gasteiger partial charge in [0.1, 0.15) is 6.54 Å². The Balaban J connectivity index is 2.00. The van der Waals surface area contributed by atoms with E-state index in [2.05, 4.69) is 17.4 Å². The van der Waals surface area contributed by atoms with Crippen molar-refractivity contribution in [3.8, 4) is 0 Å². The van der Waals surface area contributed by atoms with Crippen molar-refractivity contribution in [1.29, 1.82) is 0 Å². The highest BCUT2D eigenvalue weighted by molar-refractivity contribution is 5.71. The van der Waals surface area contributed by atoms with Crippen molar-refractivity contribution in [2.75, 3.05) is 26.2 Å². The number of hydrazine groups is 1. The maximum atomic E-state index is 11.2. The molecule has 0 saturated carbocycles. The molecule has 1 rings (SSSR count). The van der Waals surface area contributed by atoms with E-state index in [1.807, 2.05) is 0 Å². The Labute approximate surface area is 91.9 Å². The first kappa shape index (κ1) is 12.5. The third kappa shape index (κ3) is 5.74. The maximum Gasteiger partial charge on any atom is 0.321 e. The normalized spacial score (nSPS) is 17.7. The molecule has 0 aromatic heterocycles. The van der Waals surface area contributed by atoms with Gasteiger partial charge in [-0.05, 0) is 19.3 Å². The highest BCUT2D eigenvalue weighted by atomic mass is 16.5. The van der Waals surface area contributed by atoms with Crippen LogP contribution >= 0.6 is 0 Å². The minimum Gasteiger partial charge on any atom is -0.465 e. The summed E-state index contributed by atoms with van der Waals surface area (Å²) >= 11 is 0. The molecule has 88 valence electrons. The standard InChI is InChI=1S/C11H22N2O2/c1-2-3-9-15-11(14)10-12-13-7-5-4-6-8-13/h12H,2-10H2,1H3. The number of hydrogen-bond acceptors (Lipinski definition) is 4. The molecule has 0 aromatic rings. The Hall–Kier alpha value is -0.610. The van der Waals surface area contributed by atoms with Crippen LogP contribution < -0.4 is 5.43 Å². The van der Waals surface area contributed by atoms with Crippen LogP contribution in [0.2, 0.25) is 0 Å².